The van der Waals surface area contributed by atoms with Crippen LogP contribution in [0.25, 0.3) is 0 Å². The molecule has 0 aliphatic carbocycles. The van der Waals surface area contributed by atoms with Gasteiger partial charge in [0.15, 0.2) is 0 Å². The molecule has 4 N–H and O–H groups in total. The van der Waals surface area contributed by atoms with Crippen LogP contribution in [0.15, 0.2) is 12.3 Å². The van der Waals surface area contributed by atoms with Crippen LogP contribution in [-0.2, 0) is 0 Å². The Balaban J connectivity index is -0.0000000800. The standard InChI is InChI=1S/C3H8N2.K.H/c4-2-1-3-5;;/h1-2H,3-5H2;;/q;+1;-1. The van der Waals surface area contributed by atoms with Crippen molar-refractivity contribution in [1.82, 2.24) is 0 Å². The predicted octanol–water partition coefficient (Wildman–Crippen LogP) is -3.47. The van der Waals surface area contributed by atoms with Crippen LogP contribution in [0.1, 0.15) is 1.43 Å². The first-order valence-corrected chi connectivity index (χ1v) is 1.48. The van der Waals surface area contributed by atoms with E-state index in [2.05, 4.69) is 0 Å². The van der Waals surface area contributed by atoms with Crippen molar-refractivity contribution in [2.24, 2.45) is 11.5 Å². The van der Waals surface area contributed by atoms with Crippen LogP contribution in [0.4, 0.5) is 0 Å². The van der Waals surface area contributed by atoms with Gasteiger partial charge in [-0.1, -0.05) is 6.08 Å². The van der Waals surface area contributed by atoms with Gasteiger partial charge < -0.3 is 12.9 Å². The molecule has 0 saturated heterocycles. The molecular weight excluding hydrogens is 103 g/mol. The molecule has 0 aliphatic rings. The van der Waals surface area contributed by atoms with E-state index in [4.69, 9.17) is 11.5 Å². The molecule has 0 aliphatic heterocycles. The van der Waals surface area contributed by atoms with E-state index in [1.54, 1.807) is 6.08 Å². The van der Waals surface area contributed by atoms with Gasteiger partial charge in [0, 0.05) is 6.54 Å². The SMILES string of the molecule is NC=CCN.[H-].[K+]. The van der Waals surface area contributed by atoms with E-state index in [9.17, 15) is 0 Å². The van der Waals surface area contributed by atoms with Gasteiger partial charge in [-0.25, -0.2) is 0 Å². The Bertz CT molecular complexity index is 39.9. The molecule has 0 fully saturated rings. The molecule has 0 aromatic rings. The first-order valence-electron chi connectivity index (χ1n) is 1.48. The van der Waals surface area contributed by atoms with Crippen molar-refractivity contribution in [3.63, 3.8) is 0 Å². The van der Waals surface area contributed by atoms with Gasteiger partial charge in [-0.15, -0.1) is 0 Å². The van der Waals surface area contributed by atoms with Crippen LogP contribution in [0.5, 0.6) is 0 Å². The number of nitrogens with two attached hydrogens (primary N) is 2. The summed E-state index contributed by atoms with van der Waals surface area (Å²) in [5.74, 6) is 0. The van der Waals surface area contributed by atoms with Crippen molar-refractivity contribution in [3.8, 4) is 0 Å². The predicted molar refractivity (Wildman–Crippen MR) is 23.5 cm³/mol. The summed E-state index contributed by atoms with van der Waals surface area (Å²) < 4.78 is 0. The smallest absolute Gasteiger partial charge is 1.00 e. The molecule has 0 rings (SSSR count). The maximum atomic E-state index is 4.97. The molecule has 0 heterocycles. The molecule has 0 bridgehead atoms. The minimum absolute atomic E-state index is 0. The first-order chi connectivity index (χ1) is 2.41. The van der Waals surface area contributed by atoms with Crippen molar-refractivity contribution in [1.29, 1.82) is 0 Å². The van der Waals surface area contributed by atoms with Gasteiger partial charge in [0.2, 0.25) is 0 Å². The maximum absolute atomic E-state index is 4.97. The molecule has 0 aromatic heterocycles. The van der Waals surface area contributed by atoms with Gasteiger partial charge in [-0.05, 0) is 6.20 Å². The molecule has 0 unspecified atom stereocenters. The van der Waals surface area contributed by atoms with E-state index in [0.29, 0.717) is 6.54 Å². The summed E-state index contributed by atoms with van der Waals surface area (Å²) >= 11 is 0. The van der Waals surface area contributed by atoms with E-state index in [1.165, 1.54) is 6.20 Å². The maximum Gasteiger partial charge on any atom is 1.00 e. The molecule has 2 nitrogen and oxygen atoms in total. The van der Waals surface area contributed by atoms with Crippen LogP contribution < -0.4 is 62.9 Å². The first kappa shape index (κ1) is 10.2. The number of hydrogen-bond donors (Lipinski definition) is 2. The summed E-state index contributed by atoms with van der Waals surface area (Å²) in [6.07, 6.45) is 3.11. The molecule has 0 radical (unpaired) electrons. The topological polar surface area (TPSA) is 52.0 Å². The van der Waals surface area contributed by atoms with Gasteiger partial charge in [0.25, 0.3) is 0 Å². The van der Waals surface area contributed by atoms with E-state index in [-0.39, 0.29) is 52.8 Å². The zero-order valence-corrected chi connectivity index (χ0v) is 7.14. The Hall–Kier alpha value is 1.14. The van der Waals surface area contributed by atoms with Crippen LogP contribution in [-0.4, -0.2) is 6.54 Å². The van der Waals surface area contributed by atoms with E-state index in [0.717, 1.165) is 0 Å². The van der Waals surface area contributed by atoms with Crippen molar-refractivity contribution in [2.75, 3.05) is 6.54 Å². The molecule has 32 valence electrons. The average Bonchev–Trinajstić information content (AvgIpc) is 1.41. The summed E-state index contributed by atoms with van der Waals surface area (Å²) in [4.78, 5) is 0. The van der Waals surface area contributed by atoms with E-state index >= 15 is 0 Å². The van der Waals surface area contributed by atoms with Crippen molar-refractivity contribution in [3.05, 3.63) is 12.3 Å². The van der Waals surface area contributed by atoms with Gasteiger partial charge in [0.05, 0.1) is 0 Å². The molecule has 0 spiro atoms. The van der Waals surface area contributed by atoms with Gasteiger partial charge in [-0.2, -0.15) is 0 Å². The third kappa shape index (κ3) is 8.93. The largest absolute Gasteiger partial charge is 1.00 e. The number of rotatable bonds is 1. The second-order valence-electron chi connectivity index (χ2n) is 0.664. The summed E-state index contributed by atoms with van der Waals surface area (Å²) in [7, 11) is 0. The fraction of sp³-hybridized carbons (Fsp3) is 0.333. The van der Waals surface area contributed by atoms with Crippen LogP contribution >= 0.6 is 0 Å². The minimum atomic E-state index is 0. The fourth-order valence-electron chi connectivity index (χ4n) is 0.0786. The molecule has 6 heavy (non-hydrogen) atoms. The van der Waals surface area contributed by atoms with Gasteiger partial charge >= 0.3 is 51.4 Å². The van der Waals surface area contributed by atoms with Crippen molar-refractivity contribution >= 4 is 0 Å². The van der Waals surface area contributed by atoms with Crippen molar-refractivity contribution in [2.45, 2.75) is 0 Å². The summed E-state index contributed by atoms with van der Waals surface area (Å²) in [5, 5.41) is 0. The van der Waals surface area contributed by atoms with Crippen molar-refractivity contribution < 1.29 is 52.8 Å². The molecule has 0 saturated carbocycles. The zero-order chi connectivity index (χ0) is 4.12. The monoisotopic (exact) mass is 112 g/mol. The van der Waals surface area contributed by atoms with Crippen LogP contribution in [0, 0.1) is 0 Å². The zero-order valence-electron chi connectivity index (χ0n) is 5.02. The Morgan fingerprint density at radius 3 is 2.17 bits per heavy atom. The normalized spacial score (nSPS) is 8.17. The molecule has 3 heteroatoms. The third-order valence-corrected chi connectivity index (χ3v) is 0.272. The Morgan fingerprint density at radius 1 is 1.67 bits per heavy atom. The summed E-state index contributed by atoms with van der Waals surface area (Å²) in [6.45, 7) is 0.538. The van der Waals surface area contributed by atoms with Crippen LogP contribution in [0.2, 0.25) is 0 Å². The Morgan fingerprint density at radius 2 is 2.17 bits per heavy atom. The van der Waals surface area contributed by atoms with Gasteiger partial charge in [0.1, 0.15) is 0 Å². The molecule has 0 amide bonds. The Kier molecular flexibility index (Phi) is 16.1. The number of hydrogen-bond acceptors (Lipinski definition) is 2. The molecule has 0 aromatic carbocycles. The molecule has 0 atom stereocenters. The molecular formula is C3H9KN2. The summed E-state index contributed by atoms with van der Waals surface area (Å²) in [6, 6.07) is 0. The van der Waals surface area contributed by atoms with E-state index < -0.39 is 0 Å². The van der Waals surface area contributed by atoms with Crippen LogP contribution in [0.3, 0.4) is 0 Å². The van der Waals surface area contributed by atoms with Gasteiger partial charge in [-0.3, -0.25) is 0 Å². The second-order valence-corrected chi connectivity index (χ2v) is 0.664. The average molecular weight is 112 g/mol. The van der Waals surface area contributed by atoms with E-state index in [1.807, 2.05) is 0 Å². The summed E-state index contributed by atoms with van der Waals surface area (Å²) in [5.41, 5.74) is 9.85. The fourth-order valence-corrected chi connectivity index (χ4v) is 0.0786. The quantitative estimate of drug-likeness (QED) is 0.346. The second kappa shape index (κ2) is 9.46. The minimum Gasteiger partial charge on any atom is -1.00 e. The Labute approximate surface area is 81.9 Å². The third-order valence-electron chi connectivity index (χ3n) is 0.272.